The van der Waals surface area contributed by atoms with Crippen molar-refractivity contribution in [2.45, 2.75) is 206 Å². The molecule has 9 heteroatoms. The van der Waals surface area contributed by atoms with E-state index in [0.717, 1.165) is 57.8 Å². The second kappa shape index (κ2) is 39.4. The Morgan fingerprint density at radius 1 is 0.582 bits per heavy atom. The van der Waals surface area contributed by atoms with Crippen LogP contribution < -0.4 is 0 Å². The van der Waals surface area contributed by atoms with Crippen LogP contribution in [0.4, 0.5) is 0 Å². The van der Waals surface area contributed by atoms with Gasteiger partial charge in [0.25, 0.3) is 0 Å². The van der Waals surface area contributed by atoms with Gasteiger partial charge in [-0.2, -0.15) is 0 Å². The average Bonchev–Trinajstić information content (AvgIpc) is 3.13. The number of nitrogens with zero attached hydrogens (tertiary/aromatic N) is 1. The van der Waals surface area contributed by atoms with Crippen LogP contribution in [0.1, 0.15) is 200 Å². The predicted octanol–water partition coefficient (Wildman–Crippen LogP) is 13.7. The fourth-order valence-electron chi connectivity index (χ4n) is 6.20. The molecule has 0 amide bonds. The van der Waals surface area contributed by atoms with Crippen LogP contribution in [0.25, 0.3) is 0 Å². The van der Waals surface area contributed by atoms with E-state index < -0.39 is 13.9 Å². The molecule has 0 heterocycles. The molecule has 0 aliphatic rings. The lowest BCUT2D eigenvalue weighted by Crippen LogP contribution is -2.37. The van der Waals surface area contributed by atoms with Crippen LogP contribution >= 0.6 is 7.82 Å². The molecule has 0 fully saturated rings. The fraction of sp³-hybridized carbons (Fsp3) is 0.848. The summed E-state index contributed by atoms with van der Waals surface area (Å²) in [5.74, 6) is -0.348. The van der Waals surface area contributed by atoms with Crippen LogP contribution in [0, 0.1) is 0 Å². The summed E-state index contributed by atoms with van der Waals surface area (Å²) in [6.45, 7) is 4.90. The summed E-state index contributed by atoms with van der Waals surface area (Å²) in [4.78, 5) is 22.9. The summed E-state index contributed by atoms with van der Waals surface area (Å²) in [6.07, 6.45) is 47.0. The SMILES string of the molecule is CCCCC/C=C/C/C=C/CCCCCCCC(=O)O[C@H](CO/C=C/CCCCCCCCCCCCCCCCCC)COP(=O)(O)OCC[N+](C)(C)C. The van der Waals surface area contributed by atoms with E-state index in [-0.39, 0.29) is 25.8 Å². The van der Waals surface area contributed by atoms with Crippen LogP contribution in [0.2, 0.25) is 0 Å². The summed E-state index contributed by atoms with van der Waals surface area (Å²) in [5.41, 5.74) is 0. The number of phosphoric ester groups is 1. The van der Waals surface area contributed by atoms with Crippen molar-refractivity contribution in [1.29, 1.82) is 0 Å². The number of hydrogen-bond donors (Lipinski definition) is 1. The molecular formula is C46H89NO7P+. The van der Waals surface area contributed by atoms with Crippen molar-refractivity contribution in [2.24, 2.45) is 0 Å². The number of carbonyl (C=O) groups excluding carboxylic acids is 1. The molecule has 0 radical (unpaired) electrons. The van der Waals surface area contributed by atoms with Crippen molar-refractivity contribution in [3.8, 4) is 0 Å². The molecule has 0 spiro atoms. The van der Waals surface area contributed by atoms with E-state index in [9.17, 15) is 14.3 Å². The number of hydrogen-bond acceptors (Lipinski definition) is 6. The largest absolute Gasteiger partial charge is 0.498 e. The third-order valence-electron chi connectivity index (χ3n) is 9.77. The predicted molar refractivity (Wildman–Crippen MR) is 233 cm³/mol. The highest BCUT2D eigenvalue weighted by Gasteiger charge is 2.26. The molecule has 0 aliphatic heterocycles. The van der Waals surface area contributed by atoms with Crippen molar-refractivity contribution in [2.75, 3.05) is 47.5 Å². The zero-order valence-corrected chi connectivity index (χ0v) is 37.6. The lowest BCUT2D eigenvalue weighted by molar-refractivity contribution is -0.870. The van der Waals surface area contributed by atoms with Gasteiger partial charge in [-0.1, -0.05) is 167 Å². The molecule has 0 bridgehead atoms. The monoisotopic (exact) mass is 799 g/mol. The Labute approximate surface area is 340 Å². The van der Waals surface area contributed by atoms with E-state index in [1.807, 2.05) is 27.2 Å². The molecule has 0 aliphatic carbocycles. The number of quaternary nitrogens is 1. The molecular weight excluding hydrogens is 709 g/mol. The van der Waals surface area contributed by atoms with E-state index in [2.05, 4.69) is 38.2 Å². The minimum absolute atomic E-state index is 0.0439. The molecule has 0 saturated carbocycles. The summed E-state index contributed by atoms with van der Waals surface area (Å²) >= 11 is 0. The second-order valence-electron chi connectivity index (χ2n) is 16.5. The van der Waals surface area contributed by atoms with Crippen molar-refractivity contribution >= 4 is 13.8 Å². The molecule has 1 N–H and O–H groups in total. The van der Waals surface area contributed by atoms with Gasteiger partial charge in [-0.25, -0.2) is 4.57 Å². The number of phosphoric acid groups is 1. The topological polar surface area (TPSA) is 91.3 Å². The van der Waals surface area contributed by atoms with Gasteiger partial charge in [-0.05, 0) is 57.4 Å². The van der Waals surface area contributed by atoms with Crippen molar-refractivity contribution in [3.05, 3.63) is 36.6 Å². The number of likely N-dealkylation sites (N-methyl/N-ethyl adjacent to an activating group) is 1. The van der Waals surface area contributed by atoms with Crippen LogP contribution in [-0.4, -0.2) is 69.0 Å². The van der Waals surface area contributed by atoms with Gasteiger partial charge < -0.3 is 18.9 Å². The zero-order valence-electron chi connectivity index (χ0n) is 36.7. The number of rotatable bonds is 42. The maximum atomic E-state index is 12.7. The fourth-order valence-corrected chi connectivity index (χ4v) is 6.94. The average molecular weight is 799 g/mol. The maximum Gasteiger partial charge on any atom is 0.472 e. The summed E-state index contributed by atoms with van der Waals surface area (Å²) in [5, 5.41) is 0. The number of allylic oxidation sites excluding steroid dienone is 5. The molecule has 0 aromatic carbocycles. The van der Waals surface area contributed by atoms with E-state index >= 15 is 0 Å². The number of ether oxygens (including phenoxy) is 2. The normalized spacial score (nSPS) is 14.0. The van der Waals surface area contributed by atoms with Crippen LogP contribution in [0.15, 0.2) is 36.6 Å². The first kappa shape index (κ1) is 53.6. The van der Waals surface area contributed by atoms with Crippen LogP contribution in [0.5, 0.6) is 0 Å². The Balaban J connectivity index is 4.27. The van der Waals surface area contributed by atoms with Gasteiger partial charge in [0.15, 0.2) is 6.10 Å². The van der Waals surface area contributed by atoms with Gasteiger partial charge in [0.1, 0.15) is 19.8 Å². The standard InChI is InChI=1S/C46H88NO7P/c1-6-8-10-12-14-16-18-20-22-23-24-26-28-30-32-34-36-38-41-51-43-45(44-53-55(49,50)52-42-40-47(3,4)5)54-46(48)39-37-35-33-31-29-27-25-21-19-17-15-13-11-9-7-2/h15,17,21,25,38,41,45H,6-14,16,18-20,22-24,26-37,39-40,42-44H2,1-5H3/p+1/b17-15+,25-21+,41-38+/t45-/m1/s1. The van der Waals surface area contributed by atoms with E-state index in [1.54, 1.807) is 6.26 Å². The van der Waals surface area contributed by atoms with Crippen LogP contribution in [0.3, 0.4) is 0 Å². The third kappa shape index (κ3) is 43.5. The Morgan fingerprint density at radius 2 is 1.02 bits per heavy atom. The second-order valence-corrected chi connectivity index (χ2v) is 18.0. The zero-order chi connectivity index (χ0) is 40.6. The maximum absolute atomic E-state index is 12.7. The van der Waals surface area contributed by atoms with Gasteiger partial charge in [0.2, 0.25) is 0 Å². The first-order valence-corrected chi connectivity index (χ1v) is 24.3. The van der Waals surface area contributed by atoms with Gasteiger partial charge in [-0.3, -0.25) is 13.8 Å². The minimum Gasteiger partial charge on any atom is -0.498 e. The quantitative estimate of drug-likeness (QED) is 0.0164. The van der Waals surface area contributed by atoms with Gasteiger partial charge >= 0.3 is 13.8 Å². The molecule has 0 aromatic rings. The third-order valence-corrected chi connectivity index (χ3v) is 10.8. The Bertz CT molecular complexity index is 978. The van der Waals surface area contributed by atoms with Crippen molar-refractivity contribution in [3.63, 3.8) is 0 Å². The van der Waals surface area contributed by atoms with E-state index in [1.165, 1.54) is 122 Å². The minimum atomic E-state index is -4.29. The highest BCUT2D eigenvalue weighted by Crippen LogP contribution is 2.43. The summed E-state index contributed by atoms with van der Waals surface area (Å²) in [6, 6.07) is 0. The first-order chi connectivity index (χ1) is 26.6. The molecule has 8 nitrogen and oxygen atoms in total. The number of carbonyl (C=O) groups is 1. The molecule has 55 heavy (non-hydrogen) atoms. The number of unbranched alkanes of at least 4 members (excludes halogenated alkanes) is 24. The van der Waals surface area contributed by atoms with Gasteiger partial charge in [0, 0.05) is 6.42 Å². The van der Waals surface area contributed by atoms with E-state index in [0.29, 0.717) is 17.4 Å². The molecule has 1 unspecified atom stereocenters. The first-order valence-electron chi connectivity index (χ1n) is 22.8. The summed E-state index contributed by atoms with van der Waals surface area (Å²) < 4.78 is 34.8. The van der Waals surface area contributed by atoms with Crippen molar-refractivity contribution < 1.29 is 37.3 Å². The number of esters is 1. The lowest BCUT2D eigenvalue weighted by atomic mass is 10.0. The smallest absolute Gasteiger partial charge is 0.472 e. The molecule has 2 atom stereocenters. The Hall–Kier alpha value is -1.44. The lowest BCUT2D eigenvalue weighted by Gasteiger charge is -2.24. The Morgan fingerprint density at radius 3 is 1.53 bits per heavy atom. The van der Waals surface area contributed by atoms with Crippen molar-refractivity contribution in [1.82, 2.24) is 0 Å². The molecule has 0 rings (SSSR count). The molecule has 324 valence electrons. The summed E-state index contributed by atoms with van der Waals surface area (Å²) in [7, 11) is 1.63. The van der Waals surface area contributed by atoms with Crippen LogP contribution in [-0.2, 0) is 27.9 Å². The Kier molecular flexibility index (Phi) is 38.4. The highest BCUT2D eigenvalue weighted by atomic mass is 31.2. The van der Waals surface area contributed by atoms with E-state index in [4.69, 9.17) is 18.5 Å². The van der Waals surface area contributed by atoms with Gasteiger partial charge in [0.05, 0.1) is 34.0 Å². The molecule has 0 saturated heterocycles. The highest BCUT2D eigenvalue weighted by molar-refractivity contribution is 7.47. The van der Waals surface area contributed by atoms with Gasteiger partial charge in [-0.15, -0.1) is 0 Å². The molecule has 0 aromatic heterocycles.